The maximum absolute atomic E-state index is 14.3. The Kier molecular flexibility index (Phi) is 7.32. The Morgan fingerprint density at radius 1 is 1.00 bits per heavy atom. The number of halogens is 1. The van der Waals surface area contributed by atoms with Crippen molar-refractivity contribution in [3.05, 3.63) is 76.8 Å². The number of ether oxygens (including phenoxy) is 2. The number of benzene rings is 2. The molecule has 2 N–H and O–H groups in total. The standard InChI is InChI=1S/C32H36ClN3O5/c1-31-16-17-32(41-31)26(25(31)28(37)34-18-20-10-14-24(40-2)15-11-20)30(39)36(19-21-8-12-22(33)13-9-21)27(32)29(38)35-23-6-4-3-5-7-23/h8-17,23,25-27H,3-7,18-19H2,1-2H3,(H,34,37)(H,35,38)/t25-,26+,27+,31+,32+/m0/s1. The molecule has 6 rings (SSSR count). The lowest BCUT2D eigenvalue weighted by Crippen LogP contribution is -2.56. The van der Waals surface area contributed by atoms with E-state index in [1.165, 1.54) is 6.42 Å². The molecule has 2 aromatic carbocycles. The van der Waals surface area contributed by atoms with Gasteiger partial charge >= 0.3 is 0 Å². The molecule has 4 aliphatic rings. The van der Waals surface area contributed by atoms with E-state index in [9.17, 15) is 14.4 Å². The van der Waals surface area contributed by atoms with Gasteiger partial charge in [0.25, 0.3) is 0 Å². The van der Waals surface area contributed by atoms with Crippen LogP contribution in [-0.2, 0) is 32.2 Å². The van der Waals surface area contributed by atoms with Gasteiger partial charge in [0.05, 0.1) is 24.5 Å². The maximum atomic E-state index is 14.3. The monoisotopic (exact) mass is 577 g/mol. The largest absolute Gasteiger partial charge is 0.497 e. The summed E-state index contributed by atoms with van der Waals surface area (Å²) in [6.07, 6.45) is 8.87. The van der Waals surface area contributed by atoms with E-state index in [0.29, 0.717) is 11.6 Å². The number of likely N-dealkylation sites (tertiary alicyclic amines) is 1. The van der Waals surface area contributed by atoms with Crippen LogP contribution in [-0.4, -0.2) is 53.0 Å². The summed E-state index contributed by atoms with van der Waals surface area (Å²) in [5.41, 5.74) is -0.468. The number of hydrogen-bond donors (Lipinski definition) is 2. The SMILES string of the molecule is COc1ccc(CNC(=O)[C@@H]2[C@@H]3C(=O)N(Cc4ccc(Cl)cc4)[C@H](C(=O)NC4CCCCC4)[C@@]34C=C[C@@]2(C)O4)cc1. The summed E-state index contributed by atoms with van der Waals surface area (Å²) in [5.74, 6) is -1.61. The van der Waals surface area contributed by atoms with Crippen molar-refractivity contribution in [1.29, 1.82) is 0 Å². The van der Waals surface area contributed by atoms with Crippen molar-refractivity contribution in [2.75, 3.05) is 7.11 Å². The predicted octanol–water partition coefficient (Wildman–Crippen LogP) is 4.15. The van der Waals surface area contributed by atoms with Crippen molar-refractivity contribution in [1.82, 2.24) is 15.5 Å². The first kappa shape index (κ1) is 27.8. The Morgan fingerprint density at radius 2 is 1.68 bits per heavy atom. The molecule has 0 radical (unpaired) electrons. The summed E-state index contributed by atoms with van der Waals surface area (Å²) >= 11 is 6.11. The number of amides is 3. The Bertz CT molecular complexity index is 1360. The van der Waals surface area contributed by atoms with E-state index in [1.54, 1.807) is 24.1 Å². The highest BCUT2D eigenvalue weighted by atomic mass is 35.5. The number of rotatable bonds is 8. The molecule has 1 saturated carbocycles. The number of carbonyl (C=O) groups excluding carboxylic acids is 3. The third kappa shape index (κ3) is 4.91. The van der Waals surface area contributed by atoms with Gasteiger partial charge < -0.3 is 25.0 Å². The Hall–Kier alpha value is -3.36. The van der Waals surface area contributed by atoms with Gasteiger partial charge in [0, 0.05) is 24.2 Å². The lowest BCUT2D eigenvalue weighted by molar-refractivity contribution is -0.145. The quantitative estimate of drug-likeness (QED) is 0.459. The van der Waals surface area contributed by atoms with E-state index < -0.39 is 29.1 Å². The lowest BCUT2D eigenvalue weighted by Gasteiger charge is -2.34. The van der Waals surface area contributed by atoms with Gasteiger partial charge in [-0.2, -0.15) is 0 Å². The van der Waals surface area contributed by atoms with Gasteiger partial charge in [-0.25, -0.2) is 0 Å². The molecule has 3 amide bonds. The fourth-order valence-corrected chi connectivity index (χ4v) is 7.28. The van der Waals surface area contributed by atoms with Crippen LogP contribution in [0, 0.1) is 11.8 Å². The average molecular weight is 578 g/mol. The van der Waals surface area contributed by atoms with E-state index in [-0.39, 0.29) is 30.3 Å². The molecule has 216 valence electrons. The topological polar surface area (TPSA) is 97.0 Å². The van der Waals surface area contributed by atoms with Gasteiger partial charge in [0.2, 0.25) is 17.7 Å². The number of carbonyl (C=O) groups is 3. The van der Waals surface area contributed by atoms with Gasteiger partial charge in [-0.3, -0.25) is 14.4 Å². The van der Waals surface area contributed by atoms with Gasteiger partial charge in [-0.15, -0.1) is 0 Å². The van der Waals surface area contributed by atoms with Crippen LogP contribution in [0.25, 0.3) is 0 Å². The third-order valence-electron chi connectivity index (χ3n) is 9.17. The number of hydrogen-bond acceptors (Lipinski definition) is 5. The van der Waals surface area contributed by atoms with Crippen molar-refractivity contribution in [3.8, 4) is 5.75 Å². The first-order chi connectivity index (χ1) is 19.7. The summed E-state index contributed by atoms with van der Waals surface area (Å²) in [5, 5.41) is 6.84. The minimum absolute atomic E-state index is 0.0703. The molecular weight excluding hydrogens is 542 g/mol. The van der Waals surface area contributed by atoms with Gasteiger partial charge in [0.1, 0.15) is 17.4 Å². The molecular formula is C32H36ClN3O5. The second-order valence-corrected chi connectivity index (χ2v) is 12.3. The maximum Gasteiger partial charge on any atom is 0.246 e. The second kappa shape index (κ2) is 10.8. The molecule has 0 unspecified atom stereocenters. The molecule has 3 aliphatic heterocycles. The van der Waals surface area contributed by atoms with Crippen LogP contribution >= 0.6 is 11.6 Å². The van der Waals surface area contributed by atoms with E-state index in [0.717, 1.165) is 42.6 Å². The summed E-state index contributed by atoms with van der Waals surface area (Å²) in [4.78, 5) is 43.7. The molecule has 3 fully saturated rings. The number of fused-ring (bicyclic) bond motifs is 1. The van der Waals surface area contributed by atoms with Crippen molar-refractivity contribution in [3.63, 3.8) is 0 Å². The average Bonchev–Trinajstić information content (AvgIpc) is 3.54. The molecule has 41 heavy (non-hydrogen) atoms. The minimum Gasteiger partial charge on any atom is -0.497 e. The fourth-order valence-electron chi connectivity index (χ4n) is 7.16. The molecule has 2 bridgehead atoms. The molecule has 8 nitrogen and oxygen atoms in total. The second-order valence-electron chi connectivity index (χ2n) is 11.8. The zero-order valence-corrected chi connectivity index (χ0v) is 24.2. The molecule has 0 aromatic heterocycles. The first-order valence-corrected chi connectivity index (χ1v) is 14.8. The van der Waals surface area contributed by atoms with E-state index in [2.05, 4.69) is 10.6 Å². The number of methoxy groups -OCH3 is 1. The van der Waals surface area contributed by atoms with Crippen LogP contribution in [0.3, 0.4) is 0 Å². The molecule has 1 spiro atoms. The number of nitrogens with zero attached hydrogens (tertiary/aromatic N) is 1. The van der Waals surface area contributed by atoms with Crippen LogP contribution < -0.4 is 15.4 Å². The normalized spacial score (nSPS) is 30.4. The van der Waals surface area contributed by atoms with Crippen LogP contribution in [0.1, 0.15) is 50.2 Å². The Balaban J connectivity index is 1.29. The molecule has 9 heteroatoms. The van der Waals surface area contributed by atoms with Crippen molar-refractivity contribution < 1.29 is 23.9 Å². The van der Waals surface area contributed by atoms with E-state index in [4.69, 9.17) is 21.1 Å². The van der Waals surface area contributed by atoms with E-state index >= 15 is 0 Å². The molecule has 1 aliphatic carbocycles. The highest BCUT2D eigenvalue weighted by molar-refractivity contribution is 6.30. The molecule has 2 aromatic rings. The first-order valence-electron chi connectivity index (χ1n) is 14.4. The summed E-state index contributed by atoms with van der Waals surface area (Å²) < 4.78 is 11.9. The van der Waals surface area contributed by atoms with E-state index in [1.807, 2.05) is 55.5 Å². The summed E-state index contributed by atoms with van der Waals surface area (Å²) in [6.45, 7) is 2.35. The smallest absolute Gasteiger partial charge is 0.246 e. The molecule has 3 heterocycles. The highest BCUT2D eigenvalue weighted by Gasteiger charge is 2.76. The Labute approximate surface area is 245 Å². The van der Waals surface area contributed by atoms with Crippen molar-refractivity contribution >= 4 is 29.3 Å². The van der Waals surface area contributed by atoms with Gasteiger partial charge in [-0.1, -0.05) is 67.3 Å². The molecule has 2 saturated heterocycles. The van der Waals surface area contributed by atoms with Gasteiger partial charge in [-0.05, 0) is 55.2 Å². The summed E-state index contributed by atoms with van der Waals surface area (Å²) in [7, 11) is 1.60. The molecule has 5 atom stereocenters. The van der Waals surface area contributed by atoms with Crippen LogP contribution in [0.2, 0.25) is 5.02 Å². The predicted molar refractivity (Wildman–Crippen MR) is 154 cm³/mol. The van der Waals surface area contributed by atoms with Crippen LogP contribution in [0.4, 0.5) is 0 Å². The zero-order valence-electron chi connectivity index (χ0n) is 23.4. The van der Waals surface area contributed by atoms with Crippen molar-refractivity contribution in [2.45, 2.75) is 75.4 Å². The minimum atomic E-state index is -1.22. The summed E-state index contributed by atoms with van der Waals surface area (Å²) in [6, 6.07) is 13.9. The van der Waals surface area contributed by atoms with Gasteiger partial charge in [0.15, 0.2) is 0 Å². The Morgan fingerprint density at radius 3 is 2.37 bits per heavy atom. The van der Waals surface area contributed by atoms with Crippen molar-refractivity contribution in [2.24, 2.45) is 11.8 Å². The zero-order chi connectivity index (χ0) is 28.8. The lowest BCUT2D eigenvalue weighted by atomic mass is 9.70. The number of nitrogens with one attached hydrogen (secondary N) is 2. The third-order valence-corrected chi connectivity index (χ3v) is 9.42. The van der Waals surface area contributed by atoms with Crippen LogP contribution in [0.5, 0.6) is 5.75 Å². The highest BCUT2D eigenvalue weighted by Crippen LogP contribution is 2.59. The van der Waals surface area contributed by atoms with Crippen LogP contribution in [0.15, 0.2) is 60.7 Å². The fraction of sp³-hybridized carbons (Fsp3) is 0.469.